The third kappa shape index (κ3) is 0.976. The van der Waals surface area contributed by atoms with Crippen LogP contribution >= 0.6 is 11.3 Å². The molecule has 0 amide bonds. The second kappa shape index (κ2) is 2.79. The van der Waals surface area contributed by atoms with Gasteiger partial charge in [-0.05, 0) is 29.0 Å². The van der Waals surface area contributed by atoms with Crippen LogP contribution in [-0.4, -0.2) is 5.78 Å². The molecule has 14 heavy (non-hydrogen) atoms. The highest BCUT2D eigenvalue weighted by atomic mass is 32.1. The van der Waals surface area contributed by atoms with Crippen LogP contribution in [0.5, 0.6) is 0 Å². The maximum atomic E-state index is 12.0. The minimum Gasteiger partial charge on any atom is -0.288 e. The molecule has 1 heterocycles. The van der Waals surface area contributed by atoms with Crippen molar-refractivity contribution in [3.8, 4) is 0 Å². The van der Waals surface area contributed by atoms with Crippen molar-refractivity contribution in [3.63, 3.8) is 0 Å². The van der Waals surface area contributed by atoms with Gasteiger partial charge in [-0.3, -0.25) is 4.79 Å². The zero-order valence-corrected chi connectivity index (χ0v) is 8.30. The summed E-state index contributed by atoms with van der Waals surface area (Å²) in [5.74, 6) is 0.192. The molecule has 2 aromatic rings. The van der Waals surface area contributed by atoms with Crippen molar-refractivity contribution in [2.45, 2.75) is 6.42 Å². The number of rotatable bonds is 0. The molecule has 1 aliphatic rings. The van der Waals surface area contributed by atoms with Crippen molar-refractivity contribution in [2.75, 3.05) is 0 Å². The summed E-state index contributed by atoms with van der Waals surface area (Å²) >= 11 is 1.55. The van der Waals surface area contributed by atoms with Crippen LogP contribution in [-0.2, 0) is 6.42 Å². The van der Waals surface area contributed by atoms with Crippen LogP contribution in [0.25, 0.3) is 0 Å². The number of hydrogen-bond acceptors (Lipinski definition) is 2. The molecular formula is C12H8OS. The summed E-state index contributed by atoms with van der Waals surface area (Å²) in [4.78, 5) is 12.9. The van der Waals surface area contributed by atoms with E-state index in [-0.39, 0.29) is 5.78 Å². The number of thiophene rings is 1. The maximum Gasteiger partial charge on any atom is 0.203 e. The molecule has 0 fully saturated rings. The van der Waals surface area contributed by atoms with Crippen molar-refractivity contribution in [3.05, 3.63) is 57.3 Å². The predicted molar refractivity (Wildman–Crippen MR) is 57.0 cm³/mol. The summed E-state index contributed by atoms with van der Waals surface area (Å²) in [7, 11) is 0. The fourth-order valence-electron chi connectivity index (χ4n) is 1.90. The van der Waals surface area contributed by atoms with Crippen molar-refractivity contribution >= 4 is 17.1 Å². The van der Waals surface area contributed by atoms with Gasteiger partial charge in [-0.15, -0.1) is 11.3 Å². The van der Waals surface area contributed by atoms with Crippen LogP contribution in [0.4, 0.5) is 0 Å². The van der Waals surface area contributed by atoms with Crippen LogP contribution in [0.2, 0.25) is 0 Å². The summed E-state index contributed by atoms with van der Waals surface area (Å²) in [5.41, 5.74) is 3.21. The van der Waals surface area contributed by atoms with Gasteiger partial charge in [-0.2, -0.15) is 0 Å². The number of carbonyl (C=O) groups is 1. The lowest BCUT2D eigenvalue weighted by Crippen LogP contribution is -2.11. The molecule has 0 atom stereocenters. The Bertz CT molecular complexity index is 511. The van der Waals surface area contributed by atoms with Gasteiger partial charge in [0.15, 0.2) is 0 Å². The summed E-state index contributed by atoms with van der Waals surface area (Å²) in [5, 5.41) is 1.99. The minimum absolute atomic E-state index is 0.192. The first-order valence-corrected chi connectivity index (χ1v) is 5.43. The Labute approximate surface area is 86.0 Å². The fraction of sp³-hybridized carbons (Fsp3) is 0.0833. The van der Waals surface area contributed by atoms with Crippen LogP contribution in [0.15, 0.2) is 35.7 Å². The predicted octanol–water partition coefficient (Wildman–Crippen LogP) is 2.88. The van der Waals surface area contributed by atoms with E-state index in [0.29, 0.717) is 0 Å². The minimum atomic E-state index is 0.192. The second-order valence-electron chi connectivity index (χ2n) is 3.44. The zero-order chi connectivity index (χ0) is 9.54. The van der Waals surface area contributed by atoms with Gasteiger partial charge in [0.2, 0.25) is 5.78 Å². The average molecular weight is 200 g/mol. The molecule has 1 aliphatic carbocycles. The monoisotopic (exact) mass is 200 g/mol. The summed E-state index contributed by atoms with van der Waals surface area (Å²) in [6.45, 7) is 0. The second-order valence-corrected chi connectivity index (χ2v) is 4.35. The first-order valence-electron chi connectivity index (χ1n) is 4.55. The summed E-state index contributed by atoms with van der Waals surface area (Å²) in [6, 6.07) is 9.92. The Balaban J connectivity index is 2.26. The van der Waals surface area contributed by atoms with E-state index in [2.05, 4.69) is 0 Å². The van der Waals surface area contributed by atoms with E-state index in [4.69, 9.17) is 0 Å². The molecule has 1 nitrogen and oxygen atoms in total. The first kappa shape index (κ1) is 7.94. The molecule has 0 unspecified atom stereocenters. The third-order valence-electron chi connectivity index (χ3n) is 2.60. The SMILES string of the molecule is O=C1c2ccccc2Cc2ccsc21. The van der Waals surface area contributed by atoms with Crippen molar-refractivity contribution in [2.24, 2.45) is 0 Å². The Morgan fingerprint density at radius 3 is 2.86 bits per heavy atom. The summed E-state index contributed by atoms with van der Waals surface area (Å²) < 4.78 is 0. The molecule has 68 valence electrons. The molecule has 2 heteroatoms. The van der Waals surface area contributed by atoms with Gasteiger partial charge in [-0.25, -0.2) is 0 Å². The van der Waals surface area contributed by atoms with Gasteiger partial charge < -0.3 is 0 Å². The molecule has 0 spiro atoms. The van der Waals surface area contributed by atoms with E-state index in [1.165, 1.54) is 5.56 Å². The molecule has 3 rings (SSSR count). The Hall–Kier alpha value is -1.41. The lowest BCUT2D eigenvalue weighted by Gasteiger charge is -2.14. The quantitative estimate of drug-likeness (QED) is 0.545. The molecule has 1 aromatic heterocycles. The number of benzene rings is 1. The van der Waals surface area contributed by atoms with Gasteiger partial charge in [-0.1, -0.05) is 24.3 Å². The van der Waals surface area contributed by atoms with E-state index in [1.807, 2.05) is 35.7 Å². The lowest BCUT2D eigenvalue weighted by molar-refractivity contribution is 0.103. The smallest absolute Gasteiger partial charge is 0.203 e. The number of carbonyl (C=O) groups excluding carboxylic acids is 1. The normalized spacial score (nSPS) is 13.6. The van der Waals surface area contributed by atoms with Crippen molar-refractivity contribution < 1.29 is 4.79 Å². The highest BCUT2D eigenvalue weighted by molar-refractivity contribution is 7.12. The van der Waals surface area contributed by atoms with Gasteiger partial charge in [0.1, 0.15) is 0 Å². The highest BCUT2D eigenvalue weighted by Gasteiger charge is 2.23. The van der Waals surface area contributed by atoms with Gasteiger partial charge in [0, 0.05) is 5.56 Å². The van der Waals surface area contributed by atoms with E-state index in [9.17, 15) is 4.79 Å². The standard InChI is InChI=1S/C12H8OS/c13-11-10-4-2-1-3-8(10)7-9-5-6-14-12(9)11/h1-6H,7H2. The largest absolute Gasteiger partial charge is 0.288 e. The molecule has 0 saturated heterocycles. The topological polar surface area (TPSA) is 17.1 Å². The zero-order valence-electron chi connectivity index (χ0n) is 7.49. The first-order chi connectivity index (χ1) is 6.86. The molecular weight excluding hydrogens is 192 g/mol. The van der Waals surface area contributed by atoms with Crippen LogP contribution in [0.3, 0.4) is 0 Å². The van der Waals surface area contributed by atoms with E-state index in [0.717, 1.165) is 22.4 Å². The van der Waals surface area contributed by atoms with E-state index in [1.54, 1.807) is 11.3 Å². The van der Waals surface area contributed by atoms with Crippen LogP contribution in [0, 0.1) is 0 Å². The molecule has 0 N–H and O–H groups in total. The molecule has 0 aliphatic heterocycles. The van der Waals surface area contributed by atoms with Crippen LogP contribution in [0.1, 0.15) is 26.4 Å². The molecule has 0 saturated carbocycles. The number of ketones is 1. The summed E-state index contributed by atoms with van der Waals surface area (Å²) in [6.07, 6.45) is 0.904. The number of fused-ring (bicyclic) bond motifs is 2. The van der Waals surface area contributed by atoms with Crippen molar-refractivity contribution in [1.82, 2.24) is 0 Å². The fourth-order valence-corrected chi connectivity index (χ4v) is 2.77. The van der Waals surface area contributed by atoms with Crippen molar-refractivity contribution in [1.29, 1.82) is 0 Å². The van der Waals surface area contributed by atoms with E-state index >= 15 is 0 Å². The molecule has 1 aromatic carbocycles. The molecule has 0 bridgehead atoms. The highest BCUT2D eigenvalue weighted by Crippen LogP contribution is 2.30. The molecule has 0 radical (unpaired) electrons. The van der Waals surface area contributed by atoms with Crippen LogP contribution < -0.4 is 0 Å². The van der Waals surface area contributed by atoms with Gasteiger partial charge in [0.05, 0.1) is 4.88 Å². The van der Waals surface area contributed by atoms with Gasteiger partial charge >= 0.3 is 0 Å². The maximum absolute atomic E-state index is 12.0. The Morgan fingerprint density at radius 2 is 1.93 bits per heavy atom. The Morgan fingerprint density at radius 1 is 1.07 bits per heavy atom. The van der Waals surface area contributed by atoms with E-state index < -0.39 is 0 Å². The average Bonchev–Trinajstić information content (AvgIpc) is 2.66. The third-order valence-corrected chi connectivity index (χ3v) is 3.55. The number of hydrogen-bond donors (Lipinski definition) is 0. The lowest BCUT2D eigenvalue weighted by atomic mass is 9.90. The Kier molecular flexibility index (Phi) is 1.58. The van der Waals surface area contributed by atoms with Gasteiger partial charge in [0.25, 0.3) is 0 Å².